The highest BCUT2D eigenvalue weighted by Crippen LogP contribution is 2.45. The van der Waals surface area contributed by atoms with Gasteiger partial charge in [-0.2, -0.15) is 16.8 Å². The van der Waals surface area contributed by atoms with Crippen LogP contribution in [0.25, 0.3) is 10.8 Å². The predicted octanol–water partition coefficient (Wildman–Crippen LogP) is 2.55. The van der Waals surface area contributed by atoms with Crippen LogP contribution in [-0.2, 0) is 20.2 Å². The number of phenols is 2. The second-order valence-electron chi connectivity index (χ2n) is 5.42. The first-order chi connectivity index (χ1) is 13.0. The van der Waals surface area contributed by atoms with Crippen LogP contribution in [-0.4, -0.2) is 41.1 Å². The highest BCUT2D eigenvalue weighted by molar-refractivity contribution is 7.89. The van der Waals surface area contributed by atoms with Crippen molar-refractivity contribution in [1.29, 1.82) is 0 Å². The van der Waals surface area contributed by atoms with Crippen LogP contribution >= 0.6 is 0 Å². The molecule has 0 bridgehead atoms. The first kappa shape index (κ1) is 19.6. The van der Waals surface area contributed by atoms with Gasteiger partial charge >= 0.3 is 0 Å². The Morgan fingerprint density at radius 2 is 1.57 bits per heavy atom. The topological polar surface area (TPSA) is 187 Å². The number of azo groups is 1. The van der Waals surface area contributed by atoms with Gasteiger partial charge in [0.25, 0.3) is 20.2 Å². The van der Waals surface area contributed by atoms with Gasteiger partial charge in [0.1, 0.15) is 15.5 Å². The maximum absolute atomic E-state index is 11.8. The van der Waals surface area contributed by atoms with Crippen molar-refractivity contribution in [2.45, 2.75) is 9.79 Å². The van der Waals surface area contributed by atoms with Gasteiger partial charge in [0.05, 0.1) is 0 Å². The Kier molecular flexibility index (Phi) is 4.76. The van der Waals surface area contributed by atoms with Crippen LogP contribution in [0.5, 0.6) is 11.5 Å². The van der Waals surface area contributed by atoms with Crippen LogP contribution in [0, 0.1) is 0 Å². The molecule has 0 fully saturated rings. The molecule has 0 saturated carbocycles. The maximum atomic E-state index is 11.8. The minimum absolute atomic E-state index is 0.128. The number of rotatable bonds is 4. The van der Waals surface area contributed by atoms with Crippen molar-refractivity contribution in [3.63, 3.8) is 0 Å². The lowest BCUT2D eigenvalue weighted by molar-refractivity contribution is 0.405. The number of hydrogen-bond acceptors (Lipinski definition) is 9. The summed E-state index contributed by atoms with van der Waals surface area (Å²) in [5.74, 6) is -1.50. The summed E-state index contributed by atoms with van der Waals surface area (Å²) >= 11 is 0. The first-order valence-corrected chi connectivity index (χ1v) is 10.2. The van der Waals surface area contributed by atoms with E-state index >= 15 is 0 Å². The van der Waals surface area contributed by atoms with Crippen molar-refractivity contribution in [2.75, 3.05) is 0 Å². The fraction of sp³-hybridized carbons (Fsp3) is 0. The monoisotopic (exact) mass is 425 g/mol. The van der Waals surface area contributed by atoms with Gasteiger partial charge in [-0.1, -0.05) is 12.1 Å². The molecule has 0 saturated heterocycles. The zero-order valence-corrected chi connectivity index (χ0v) is 15.3. The molecule has 4 N–H and O–H groups in total. The van der Waals surface area contributed by atoms with Crippen LogP contribution in [0.1, 0.15) is 0 Å². The number of fused-ring (bicyclic) bond motifs is 1. The number of aromatic hydroxyl groups is 2. The molecule has 0 radical (unpaired) electrons. The van der Waals surface area contributed by atoms with Gasteiger partial charge in [0.15, 0.2) is 17.3 Å². The average molecular weight is 425 g/mol. The molecule has 0 aliphatic rings. The van der Waals surface area contributed by atoms with Gasteiger partial charge in [0, 0.05) is 17.0 Å². The third-order valence-electron chi connectivity index (χ3n) is 3.60. The van der Waals surface area contributed by atoms with E-state index in [9.17, 15) is 36.2 Å². The van der Waals surface area contributed by atoms with Gasteiger partial charge in [-0.05, 0) is 24.3 Å². The van der Waals surface area contributed by atoms with Gasteiger partial charge in [0.2, 0.25) is 0 Å². The Labute approximate surface area is 158 Å². The standard InChI is InChI=1S/C15H11N3O8S2/c19-10-7-9-8(4-5-11(27(21,22)23)15(9)28(24,25)26)13(14(10)20)18-17-12-3-1-2-6-16-12/h1-7,19-20H,(H,21,22,23)(H,24,25,26). The number of pyridine rings is 1. The van der Waals surface area contributed by atoms with Crippen molar-refractivity contribution >= 4 is 42.5 Å². The minimum Gasteiger partial charge on any atom is -0.504 e. The summed E-state index contributed by atoms with van der Waals surface area (Å²) in [6.07, 6.45) is 1.42. The number of phenolic OH excluding ortho intramolecular Hbond substituents is 2. The number of benzene rings is 2. The van der Waals surface area contributed by atoms with Gasteiger partial charge in [-0.15, -0.1) is 10.2 Å². The van der Waals surface area contributed by atoms with E-state index in [0.717, 1.165) is 6.07 Å². The van der Waals surface area contributed by atoms with Gasteiger partial charge in [-0.25, -0.2) is 4.98 Å². The average Bonchev–Trinajstić information content (AvgIpc) is 2.60. The van der Waals surface area contributed by atoms with Crippen molar-refractivity contribution in [3.05, 3.63) is 42.6 Å². The highest BCUT2D eigenvalue weighted by Gasteiger charge is 2.28. The fourth-order valence-electron chi connectivity index (χ4n) is 2.47. The summed E-state index contributed by atoms with van der Waals surface area (Å²) in [6, 6.07) is 7.15. The lowest BCUT2D eigenvalue weighted by Crippen LogP contribution is -2.09. The molecule has 0 spiro atoms. The summed E-state index contributed by atoms with van der Waals surface area (Å²) in [5, 5.41) is 26.8. The normalized spacial score (nSPS) is 12.6. The molecule has 0 aliphatic heterocycles. The van der Waals surface area contributed by atoms with Crippen LogP contribution in [0.2, 0.25) is 0 Å². The molecule has 3 rings (SSSR count). The largest absolute Gasteiger partial charge is 0.504 e. The second kappa shape index (κ2) is 6.79. The molecule has 13 heteroatoms. The molecule has 0 aliphatic carbocycles. The van der Waals surface area contributed by atoms with Crippen molar-refractivity contribution in [3.8, 4) is 11.5 Å². The highest BCUT2D eigenvalue weighted by atomic mass is 32.2. The van der Waals surface area contributed by atoms with Crippen molar-refractivity contribution < 1.29 is 36.2 Å². The summed E-state index contributed by atoms with van der Waals surface area (Å²) in [6.45, 7) is 0. The number of aromatic nitrogens is 1. The quantitative estimate of drug-likeness (QED) is 0.277. The summed E-state index contributed by atoms with van der Waals surface area (Å²) < 4.78 is 65.3. The van der Waals surface area contributed by atoms with Crippen molar-refractivity contribution in [2.24, 2.45) is 10.2 Å². The van der Waals surface area contributed by atoms with Gasteiger partial charge < -0.3 is 10.2 Å². The SMILES string of the molecule is O=S(=O)(O)c1ccc2c(N=Nc3ccccn3)c(O)c(O)cc2c1S(=O)(=O)O. The lowest BCUT2D eigenvalue weighted by atomic mass is 10.1. The Balaban J connectivity index is 2.41. The van der Waals surface area contributed by atoms with E-state index in [4.69, 9.17) is 0 Å². The van der Waals surface area contributed by atoms with Crippen LogP contribution in [0.4, 0.5) is 11.5 Å². The van der Waals surface area contributed by atoms with Gasteiger partial charge in [-0.3, -0.25) is 9.11 Å². The number of hydrogen-bond donors (Lipinski definition) is 4. The van der Waals surface area contributed by atoms with Crippen LogP contribution in [0.15, 0.2) is 62.6 Å². The van der Waals surface area contributed by atoms with E-state index in [1.54, 1.807) is 12.1 Å². The smallest absolute Gasteiger partial charge is 0.296 e. The lowest BCUT2D eigenvalue weighted by Gasteiger charge is -2.12. The summed E-state index contributed by atoms with van der Waals surface area (Å²) in [7, 11) is -10.2. The molecule has 2 aromatic carbocycles. The van der Waals surface area contributed by atoms with Crippen LogP contribution < -0.4 is 0 Å². The third-order valence-corrected chi connectivity index (χ3v) is 5.58. The predicted molar refractivity (Wildman–Crippen MR) is 95.3 cm³/mol. The van der Waals surface area contributed by atoms with E-state index < -0.39 is 52.6 Å². The Morgan fingerprint density at radius 3 is 2.14 bits per heavy atom. The molecule has 11 nitrogen and oxygen atoms in total. The fourth-order valence-corrected chi connectivity index (χ4v) is 4.45. The number of nitrogens with zero attached hydrogens (tertiary/aromatic N) is 3. The molecular weight excluding hydrogens is 414 g/mol. The van der Waals surface area contributed by atoms with E-state index in [1.165, 1.54) is 12.3 Å². The Hall–Kier alpha value is -3.13. The minimum atomic E-state index is -5.17. The molecule has 3 aromatic rings. The van der Waals surface area contributed by atoms with E-state index in [1.807, 2.05) is 0 Å². The molecule has 28 heavy (non-hydrogen) atoms. The van der Waals surface area contributed by atoms with Crippen LogP contribution in [0.3, 0.4) is 0 Å². The molecule has 146 valence electrons. The molecule has 1 heterocycles. The molecule has 0 unspecified atom stereocenters. The Bertz CT molecular complexity index is 1320. The van der Waals surface area contributed by atoms with E-state index in [-0.39, 0.29) is 11.2 Å². The summed E-state index contributed by atoms with van der Waals surface area (Å²) in [4.78, 5) is 1.58. The van der Waals surface area contributed by atoms with Crippen molar-refractivity contribution in [1.82, 2.24) is 4.98 Å². The third kappa shape index (κ3) is 3.63. The Morgan fingerprint density at radius 1 is 0.857 bits per heavy atom. The molecule has 0 amide bonds. The molecule has 1 aromatic heterocycles. The first-order valence-electron chi connectivity index (χ1n) is 7.29. The zero-order valence-electron chi connectivity index (χ0n) is 13.6. The molecule has 0 atom stereocenters. The van der Waals surface area contributed by atoms with E-state index in [0.29, 0.717) is 12.1 Å². The maximum Gasteiger partial charge on any atom is 0.296 e. The summed E-state index contributed by atoms with van der Waals surface area (Å²) in [5.41, 5.74) is -0.410. The zero-order chi connectivity index (χ0) is 20.7. The van der Waals surface area contributed by atoms with E-state index in [2.05, 4.69) is 15.2 Å². The molecular formula is C15H11N3O8S2. The second-order valence-corrected chi connectivity index (χ2v) is 8.17.